The van der Waals surface area contributed by atoms with Crippen molar-refractivity contribution in [2.24, 2.45) is 0 Å². The van der Waals surface area contributed by atoms with Gasteiger partial charge in [-0.05, 0) is 31.5 Å². The maximum atomic E-state index is 13.1. The molecule has 0 bridgehead atoms. The highest BCUT2D eigenvalue weighted by Gasteiger charge is 2.11. The monoisotopic (exact) mass is 284 g/mol. The molecule has 0 fully saturated rings. The second kappa shape index (κ2) is 5.21. The van der Waals surface area contributed by atoms with Crippen molar-refractivity contribution in [2.75, 3.05) is 0 Å². The highest BCUT2D eigenvalue weighted by atomic mass is 35.5. The van der Waals surface area contributed by atoms with Crippen LogP contribution < -0.4 is 0 Å². The Hall–Kier alpha value is -1.19. The van der Waals surface area contributed by atoms with E-state index in [2.05, 4.69) is 9.97 Å². The Bertz CT molecular complexity index is 577. The van der Waals surface area contributed by atoms with Gasteiger partial charge < -0.3 is 0 Å². The maximum Gasteiger partial charge on any atom is 0.161 e. The summed E-state index contributed by atoms with van der Waals surface area (Å²) in [4.78, 5) is 8.59. The van der Waals surface area contributed by atoms with E-state index in [1.807, 2.05) is 13.8 Å². The molecule has 2 rings (SSSR count). The number of aromatic nitrogens is 2. The zero-order valence-electron chi connectivity index (χ0n) is 9.97. The molecule has 18 heavy (non-hydrogen) atoms. The highest BCUT2D eigenvalue weighted by molar-refractivity contribution is 6.31. The van der Waals surface area contributed by atoms with E-state index < -0.39 is 5.82 Å². The minimum Gasteiger partial charge on any atom is -0.233 e. The third-order valence-corrected chi connectivity index (χ3v) is 3.30. The van der Waals surface area contributed by atoms with E-state index in [0.717, 1.165) is 17.7 Å². The van der Waals surface area contributed by atoms with Gasteiger partial charge in [-0.1, -0.05) is 30.1 Å². The average molecular weight is 285 g/mol. The van der Waals surface area contributed by atoms with E-state index in [1.165, 1.54) is 12.1 Å². The van der Waals surface area contributed by atoms with Crippen molar-refractivity contribution in [1.29, 1.82) is 0 Å². The zero-order valence-corrected chi connectivity index (χ0v) is 11.5. The Morgan fingerprint density at radius 3 is 2.50 bits per heavy atom. The third kappa shape index (κ3) is 2.47. The van der Waals surface area contributed by atoms with Gasteiger partial charge in [-0.2, -0.15) is 0 Å². The van der Waals surface area contributed by atoms with Crippen LogP contribution in [0, 0.1) is 12.7 Å². The first-order chi connectivity index (χ1) is 8.52. The van der Waals surface area contributed by atoms with Gasteiger partial charge >= 0.3 is 0 Å². The Morgan fingerprint density at radius 2 is 1.94 bits per heavy atom. The molecule has 0 amide bonds. The van der Waals surface area contributed by atoms with Crippen molar-refractivity contribution >= 4 is 23.2 Å². The van der Waals surface area contributed by atoms with Crippen molar-refractivity contribution in [3.05, 3.63) is 45.4 Å². The maximum absolute atomic E-state index is 13.1. The molecule has 1 aromatic carbocycles. The average Bonchev–Trinajstić information content (AvgIpc) is 2.32. The molecule has 0 N–H and O–H groups in total. The molecule has 0 radical (unpaired) electrons. The number of hydrogen-bond acceptors (Lipinski definition) is 2. The van der Waals surface area contributed by atoms with Gasteiger partial charge in [-0.25, -0.2) is 14.4 Å². The number of halogens is 3. The van der Waals surface area contributed by atoms with Crippen LogP contribution in [-0.2, 0) is 6.42 Å². The van der Waals surface area contributed by atoms with E-state index in [4.69, 9.17) is 23.2 Å². The minimum absolute atomic E-state index is 0.0458. The summed E-state index contributed by atoms with van der Waals surface area (Å²) >= 11 is 11.8. The number of hydrogen-bond donors (Lipinski definition) is 0. The lowest BCUT2D eigenvalue weighted by atomic mass is 10.1. The van der Waals surface area contributed by atoms with E-state index in [9.17, 15) is 4.39 Å². The number of nitrogens with zero attached hydrogens (tertiary/aromatic N) is 2. The lowest BCUT2D eigenvalue weighted by Gasteiger charge is -2.08. The first kappa shape index (κ1) is 13.2. The van der Waals surface area contributed by atoms with Gasteiger partial charge in [0.25, 0.3) is 0 Å². The van der Waals surface area contributed by atoms with E-state index in [-0.39, 0.29) is 5.02 Å². The molecule has 94 valence electrons. The second-order valence-electron chi connectivity index (χ2n) is 3.88. The summed E-state index contributed by atoms with van der Waals surface area (Å²) in [6, 6.07) is 4.36. The number of aryl methyl sites for hydroxylation is 1. The first-order valence-corrected chi connectivity index (χ1v) is 6.27. The van der Waals surface area contributed by atoms with Gasteiger partial charge in [-0.15, -0.1) is 0 Å². The molecule has 1 aromatic heterocycles. The normalized spacial score (nSPS) is 10.7. The largest absolute Gasteiger partial charge is 0.233 e. The van der Waals surface area contributed by atoms with Crippen LogP contribution in [0.3, 0.4) is 0 Å². The Balaban J connectivity index is 2.54. The van der Waals surface area contributed by atoms with Gasteiger partial charge in [-0.3, -0.25) is 0 Å². The summed E-state index contributed by atoms with van der Waals surface area (Å²) in [6.45, 7) is 3.87. The van der Waals surface area contributed by atoms with Crippen molar-refractivity contribution in [1.82, 2.24) is 9.97 Å². The fourth-order valence-electron chi connectivity index (χ4n) is 1.73. The lowest BCUT2D eigenvalue weighted by Crippen LogP contribution is -1.99. The van der Waals surface area contributed by atoms with Gasteiger partial charge in [0.2, 0.25) is 0 Å². The zero-order chi connectivity index (χ0) is 13.3. The first-order valence-electron chi connectivity index (χ1n) is 5.51. The molecule has 0 aliphatic rings. The lowest BCUT2D eigenvalue weighted by molar-refractivity contribution is 0.628. The second-order valence-corrected chi connectivity index (χ2v) is 4.65. The van der Waals surface area contributed by atoms with Crippen molar-refractivity contribution in [2.45, 2.75) is 20.3 Å². The van der Waals surface area contributed by atoms with Crippen molar-refractivity contribution in [3.63, 3.8) is 0 Å². The SMILES string of the molecule is CCc1c(C)nc(-c2ccc(F)c(Cl)c2)nc1Cl. The topological polar surface area (TPSA) is 25.8 Å². The van der Waals surface area contributed by atoms with Crippen LogP contribution >= 0.6 is 23.2 Å². The Kier molecular flexibility index (Phi) is 3.83. The molecule has 0 aliphatic heterocycles. The van der Waals surface area contributed by atoms with E-state index >= 15 is 0 Å². The molecule has 0 aliphatic carbocycles. The number of benzene rings is 1. The van der Waals surface area contributed by atoms with Gasteiger partial charge in [0, 0.05) is 16.8 Å². The summed E-state index contributed by atoms with van der Waals surface area (Å²) in [5, 5.41) is 0.477. The van der Waals surface area contributed by atoms with Crippen LogP contribution in [0.1, 0.15) is 18.2 Å². The molecule has 2 aromatic rings. The summed E-state index contributed by atoms with van der Waals surface area (Å²) in [6.07, 6.45) is 0.773. The molecule has 5 heteroatoms. The molecular formula is C13H11Cl2FN2. The molecule has 0 unspecified atom stereocenters. The predicted octanol–water partition coefficient (Wildman–Crippen LogP) is 4.46. The van der Waals surface area contributed by atoms with Crippen LogP contribution in [0.2, 0.25) is 10.2 Å². The summed E-state index contributed by atoms with van der Waals surface area (Å²) < 4.78 is 13.1. The molecule has 0 spiro atoms. The molecule has 1 heterocycles. The smallest absolute Gasteiger partial charge is 0.161 e. The highest BCUT2D eigenvalue weighted by Crippen LogP contribution is 2.25. The van der Waals surface area contributed by atoms with E-state index in [0.29, 0.717) is 16.5 Å². The molecule has 0 saturated heterocycles. The Morgan fingerprint density at radius 1 is 1.22 bits per heavy atom. The van der Waals surface area contributed by atoms with Gasteiger partial charge in [0.05, 0.1) is 5.02 Å². The van der Waals surface area contributed by atoms with E-state index in [1.54, 1.807) is 6.07 Å². The van der Waals surface area contributed by atoms with Crippen LogP contribution in [0.25, 0.3) is 11.4 Å². The van der Waals surface area contributed by atoms with Crippen LogP contribution in [0.4, 0.5) is 4.39 Å². The fourth-order valence-corrected chi connectivity index (χ4v) is 2.26. The molecular weight excluding hydrogens is 274 g/mol. The Labute approximate surface area is 115 Å². The minimum atomic E-state index is -0.464. The number of rotatable bonds is 2. The molecule has 0 saturated carbocycles. The van der Waals surface area contributed by atoms with Gasteiger partial charge in [0.15, 0.2) is 5.82 Å². The standard InChI is InChI=1S/C13H11Cl2FN2/c1-3-9-7(2)17-13(18-12(9)15)8-4-5-11(16)10(14)6-8/h4-6H,3H2,1-2H3. The predicted molar refractivity (Wildman–Crippen MR) is 71.6 cm³/mol. The molecule has 0 atom stereocenters. The third-order valence-electron chi connectivity index (χ3n) is 2.69. The van der Waals surface area contributed by atoms with Gasteiger partial charge in [0.1, 0.15) is 11.0 Å². The van der Waals surface area contributed by atoms with Crippen LogP contribution in [-0.4, -0.2) is 9.97 Å². The quantitative estimate of drug-likeness (QED) is 0.761. The summed E-state index contributed by atoms with van der Waals surface area (Å²) in [5.74, 6) is -0.00925. The molecule has 2 nitrogen and oxygen atoms in total. The van der Waals surface area contributed by atoms with Crippen molar-refractivity contribution < 1.29 is 4.39 Å². The van der Waals surface area contributed by atoms with Crippen LogP contribution in [0.15, 0.2) is 18.2 Å². The summed E-state index contributed by atoms with van der Waals surface area (Å²) in [7, 11) is 0. The van der Waals surface area contributed by atoms with Crippen molar-refractivity contribution in [3.8, 4) is 11.4 Å². The van der Waals surface area contributed by atoms with Crippen LogP contribution in [0.5, 0.6) is 0 Å². The summed E-state index contributed by atoms with van der Waals surface area (Å²) in [5.41, 5.74) is 2.40. The fraction of sp³-hybridized carbons (Fsp3) is 0.231.